The highest BCUT2D eigenvalue weighted by molar-refractivity contribution is 6.20. The van der Waals surface area contributed by atoms with Gasteiger partial charge in [-0.15, -0.1) is 0 Å². The van der Waals surface area contributed by atoms with Crippen molar-refractivity contribution in [3.63, 3.8) is 0 Å². The van der Waals surface area contributed by atoms with Gasteiger partial charge in [-0.2, -0.15) is 5.26 Å². The normalized spacial score (nSPS) is 11.2. The van der Waals surface area contributed by atoms with Crippen LogP contribution in [0.15, 0.2) is 60.9 Å². The SMILES string of the molecule is N#Cc1cccc(-c2nc3c4cccnc4c4ncccc4c3[nH]2)c1. The molecule has 5 heteroatoms. The number of H-pyrrole nitrogens is 1. The van der Waals surface area contributed by atoms with Crippen molar-refractivity contribution in [3.05, 3.63) is 66.5 Å². The number of benzene rings is 2. The van der Waals surface area contributed by atoms with Crippen molar-refractivity contribution in [2.75, 3.05) is 0 Å². The summed E-state index contributed by atoms with van der Waals surface area (Å²) in [5.41, 5.74) is 4.98. The topological polar surface area (TPSA) is 78.2 Å². The Kier molecular flexibility index (Phi) is 2.79. The van der Waals surface area contributed by atoms with Gasteiger partial charge in [-0.3, -0.25) is 9.97 Å². The third-order valence-corrected chi connectivity index (χ3v) is 4.33. The van der Waals surface area contributed by atoms with E-state index in [1.165, 1.54) is 0 Å². The van der Waals surface area contributed by atoms with Crippen molar-refractivity contribution in [3.8, 4) is 17.5 Å². The molecular weight excluding hydrogens is 310 g/mol. The summed E-state index contributed by atoms with van der Waals surface area (Å²) >= 11 is 0. The third kappa shape index (κ3) is 1.98. The van der Waals surface area contributed by atoms with Gasteiger partial charge in [0, 0.05) is 28.7 Å². The lowest BCUT2D eigenvalue weighted by atomic mass is 10.1. The lowest BCUT2D eigenvalue weighted by Gasteiger charge is -2.03. The summed E-state index contributed by atoms with van der Waals surface area (Å²) in [6.45, 7) is 0. The minimum atomic E-state index is 0.607. The molecule has 0 aliphatic heterocycles. The Morgan fingerprint density at radius 1 is 0.840 bits per heavy atom. The van der Waals surface area contributed by atoms with Crippen molar-refractivity contribution in [1.82, 2.24) is 19.9 Å². The van der Waals surface area contributed by atoms with Crippen molar-refractivity contribution in [2.24, 2.45) is 0 Å². The molecule has 0 bridgehead atoms. The van der Waals surface area contributed by atoms with Crippen LogP contribution in [0.25, 0.3) is 44.2 Å². The maximum absolute atomic E-state index is 9.13. The molecule has 1 N–H and O–H groups in total. The van der Waals surface area contributed by atoms with Gasteiger partial charge in [0.25, 0.3) is 0 Å². The minimum Gasteiger partial charge on any atom is -0.337 e. The second-order valence-corrected chi connectivity index (χ2v) is 5.80. The monoisotopic (exact) mass is 321 g/mol. The van der Waals surface area contributed by atoms with Crippen molar-refractivity contribution in [2.45, 2.75) is 0 Å². The van der Waals surface area contributed by atoms with Crippen LogP contribution in [0.4, 0.5) is 0 Å². The molecule has 3 aromatic heterocycles. The van der Waals surface area contributed by atoms with E-state index in [9.17, 15) is 0 Å². The highest BCUT2D eigenvalue weighted by Crippen LogP contribution is 2.33. The van der Waals surface area contributed by atoms with Gasteiger partial charge in [-0.25, -0.2) is 4.98 Å². The van der Waals surface area contributed by atoms with Gasteiger partial charge < -0.3 is 4.98 Å². The van der Waals surface area contributed by atoms with E-state index in [4.69, 9.17) is 10.2 Å². The molecule has 0 saturated carbocycles. The van der Waals surface area contributed by atoms with E-state index in [1.54, 1.807) is 18.5 Å². The molecule has 3 heterocycles. The number of pyridine rings is 2. The number of nitrogens with one attached hydrogen (secondary N) is 1. The van der Waals surface area contributed by atoms with Crippen LogP contribution in [0.1, 0.15) is 5.56 Å². The average molecular weight is 321 g/mol. The first-order valence-electron chi connectivity index (χ1n) is 7.87. The molecule has 0 amide bonds. The molecule has 0 atom stereocenters. The molecule has 0 saturated heterocycles. The van der Waals surface area contributed by atoms with E-state index in [-0.39, 0.29) is 0 Å². The number of aromatic nitrogens is 4. The van der Waals surface area contributed by atoms with Gasteiger partial charge in [0.2, 0.25) is 0 Å². The molecule has 5 aromatic rings. The van der Waals surface area contributed by atoms with E-state index < -0.39 is 0 Å². The van der Waals surface area contributed by atoms with Crippen LogP contribution in [0.3, 0.4) is 0 Å². The summed E-state index contributed by atoms with van der Waals surface area (Å²) in [5, 5.41) is 11.1. The zero-order valence-corrected chi connectivity index (χ0v) is 13.1. The summed E-state index contributed by atoms with van der Waals surface area (Å²) < 4.78 is 0. The van der Waals surface area contributed by atoms with Crippen LogP contribution < -0.4 is 0 Å². The fourth-order valence-corrected chi connectivity index (χ4v) is 3.22. The van der Waals surface area contributed by atoms with Crippen LogP contribution in [-0.2, 0) is 0 Å². The molecule has 116 valence electrons. The Balaban J connectivity index is 1.92. The maximum Gasteiger partial charge on any atom is 0.138 e. The van der Waals surface area contributed by atoms with Crippen molar-refractivity contribution >= 4 is 32.8 Å². The summed E-state index contributed by atoms with van der Waals surface area (Å²) in [4.78, 5) is 17.2. The minimum absolute atomic E-state index is 0.607. The second kappa shape index (κ2) is 5.11. The number of nitrogens with zero attached hydrogens (tertiary/aromatic N) is 4. The van der Waals surface area contributed by atoms with E-state index in [0.717, 1.165) is 44.2 Å². The molecule has 0 radical (unpaired) electrons. The standard InChI is InChI=1S/C20H11N5/c21-11-12-4-1-5-13(10-12)20-24-18-14-6-2-8-22-16(14)17-15(19(18)25-20)7-3-9-23-17/h1-10H,(H,24,25). The van der Waals surface area contributed by atoms with Gasteiger partial charge in [-0.1, -0.05) is 12.1 Å². The van der Waals surface area contributed by atoms with Gasteiger partial charge in [0.1, 0.15) is 5.82 Å². The Labute approximate surface area is 142 Å². The average Bonchev–Trinajstić information content (AvgIpc) is 3.14. The molecule has 0 aliphatic carbocycles. The predicted molar refractivity (Wildman–Crippen MR) is 96.8 cm³/mol. The van der Waals surface area contributed by atoms with Crippen molar-refractivity contribution < 1.29 is 0 Å². The second-order valence-electron chi connectivity index (χ2n) is 5.80. The Hall–Kier alpha value is -3.78. The van der Waals surface area contributed by atoms with E-state index >= 15 is 0 Å². The van der Waals surface area contributed by atoms with E-state index in [1.807, 2.05) is 42.5 Å². The van der Waals surface area contributed by atoms with E-state index in [0.29, 0.717) is 5.56 Å². The third-order valence-electron chi connectivity index (χ3n) is 4.33. The first-order valence-corrected chi connectivity index (χ1v) is 7.87. The van der Waals surface area contributed by atoms with Crippen LogP contribution in [0, 0.1) is 11.3 Å². The molecule has 0 unspecified atom stereocenters. The summed E-state index contributed by atoms with van der Waals surface area (Å²) in [6, 6.07) is 17.4. The molecule has 5 nitrogen and oxygen atoms in total. The van der Waals surface area contributed by atoms with Gasteiger partial charge >= 0.3 is 0 Å². The number of nitriles is 1. The summed E-state index contributed by atoms with van der Waals surface area (Å²) in [7, 11) is 0. The van der Waals surface area contributed by atoms with Crippen LogP contribution in [-0.4, -0.2) is 19.9 Å². The lowest BCUT2D eigenvalue weighted by molar-refractivity contribution is 1.33. The van der Waals surface area contributed by atoms with Crippen molar-refractivity contribution in [1.29, 1.82) is 5.26 Å². The van der Waals surface area contributed by atoms with Gasteiger partial charge in [0.05, 0.1) is 33.7 Å². The Bertz CT molecular complexity index is 1240. The number of fused-ring (bicyclic) bond motifs is 6. The molecule has 0 aliphatic rings. The zero-order valence-electron chi connectivity index (χ0n) is 13.1. The number of rotatable bonds is 1. The Morgan fingerprint density at radius 2 is 1.60 bits per heavy atom. The smallest absolute Gasteiger partial charge is 0.138 e. The largest absolute Gasteiger partial charge is 0.337 e. The molecule has 5 rings (SSSR count). The van der Waals surface area contributed by atoms with Gasteiger partial charge in [0.15, 0.2) is 0 Å². The summed E-state index contributed by atoms with van der Waals surface area (Å²) in [6.07, 6.45) is 3.54. The lowest BCUT2D eigenvalue weighted by Crippen LogP contribution is -1.86. The quantitative estimate of drug-likeness (QED) is 0.469. The zero-order chi connectivity index (χ0) is 16.8. The number of hydrogen-bond donors (Lipinski definition) is 1. The molecule has 0 fully saturated rings. The number of hydrogen-bond acceptors (Lipinski definition) is 4. The highest BCUT2D eigenvalue weighted by atomic mass is 14.9. The summed E-state index contributed by atoms with van der Waals surface area (Å²) in [5.74, 6) is 0.730. The first-order chi connectivity index (χ1) is 12.3. The molecule has 25 heavy (non-hydrogen) atoms. The molecule has 0 spiro atoms. The fraction of sp³-hybridized carbons (Fsp3) is 0. The number of imidazole rings is 1. The first kappa shape index (κ1) is 13.6. The predicted octanol–water partition coefficient (Wildman–Crippen LogP) is 4.20. The maximum atomic E-state index is 9.13. The van der Waals surface area contributed by atoms with E-state index in [2.05, 4.69) is 21.0 Å². The molecule has 2 aromatic carbocycles. The van der Waals surface area contributed by atoms with Gasteiger partial charge in [-0.05, 0) is 36.4 Å². The number of aromatic amines is 1. The van der Waals surface area contributed by atoms with Crippen LogP contribution in [0.5, 0.6) is 0 Å². The fourth-order valence-electron chi connectivity index (χ4n) is 3.22. The molecular formula is C20H11N5. The van der Waals surface area contributed by atoms with Crippen LogP contribution >= 0.6 is 0 Å². The Morgan fingerprint density at radius 3 is 2.40 bits per heavy atom. The van der Waals surface area contributed by atoms with Crippen LogP contribution in [0.2, 0.25) is 0 Å². The highest BCUT2D eigenvalue weighted by Gasteiger charge is 2.15.